The molecule has 0 unspecified atom stereocenters. The van der Waals surface area contributed by atoms with Crippen molar-refractivity contribution in [3.8, 4) is 11.4 Å². The van der Waals surface area contributed by atoms with Crippen LogP contribution in [0.15, 0.2) is 18.2 Å². The molecule has 0 saturated heterocycles. The van der Waals surface area contributed by atoms with E-state index < -0.39 is 0 Å². The lowest BCUT2D eigenvalue weighted by Gasteiger charge is -2.08. The van der Waals surface area contributed by atoms with Crippen molar-refractivity contribution in [2.45, 2.75) is 27.2 Å². The van der Waals surface area contributed by atoms with Crippen molar-refractivity contribution in [1.29, 1.82) is 0 Å². The van der Waals surface area contributed by atoms with Crippen molar-refractivity contribution in [3.63, 3.8) is 0 Å². The van der Waals surface area contributed by atoms with E-state index in [1.807, 2.05) is 13.8 Å². The van der Waals surface area contributed by atoms with E-state index in [9.17, 15) is 4.39 Å². The minimum atomic E-state index is -0.229. The summed E-state index contributed by atoms with van der Waals surface area (Å²) in [6.45, 7) is 5.64. The molecular formula is C14H14ClFN2. The van der Waals surface area contributed by atoms with Gasteiger partial charge in [-0.25, -0.2) is 14.4 Å². The Morgan fingerprint density at radius 2 is 1.94 bits per heavy atom. The number of hydrogen-bond acceptors (Lipinski definition) is 2. The standard InChI is InChI=1S/C14H14ClFN2/c1-4-12-9(3)13(15)18-14(17-12)10-5-6-11(16)8(2)7-10/h5-7H,4H2,1-3H3. The normalized spacial score (nSPS) is 10.7. The third kappa shape index (κ3) is 2.36. The van der Waals surface area contributed by atoms with Crippen molar-refractivity contribution in [2.24, 2.45) is 0 Å². The highest BCUT2D eigenvalue weighted by atomic mass is 35.5. The summed E-state index contributed by atoms with van der Waals surface area (Å²) in [6, 6.07) is 4.83. The van der Waals surface area contributed by atoms with Crippen molar-refractivity contribution in [3.05, 3.63) is 46.0 Å². The fourth-order valence-electron chi connectivity index (χ4n) is 1.79. The maximum absolute atomic E-state index is 13.2. The molecule has 0 aliphatic heterocycles. The topological polar surface area (TPSA) is 25.8 Å². The van der Waals surface area contributed by atoms with Crippen LogP contribution in [0.5, 0.6) is 0 Å². The zero-order valence-corrected chi connectivity index (χ0v) is 11.3. The smallest absolute Gasteiger partial charge is 0.161 e. The molecule has 0 saturated carbocycles. The summed E-state index contributed by atoms with van der Waals surface area (Å²) < 4.78 is 13.2. The van der Waals surface area contributed by atoms with Crippen LogP contribution in [-0.4, -0.2) is 9.97 Å². The van der Waals surface area contributed by atoms with Crippen molar-refractivity contribution in [2.75, 3.05) is 0 Å². The van der Waals surface area contributed by atoms with Gasteiger partial charge in [-0.2, -0.15) is 0 Å². The second kappa shape index (κ2) is 5.02. The third-order valence-corrected chi connectivity index (χ3v) is 3.31. The zero-order chi connectivity index (χ0) is 13.3. The highest BCUT2D eigenvalue weighted by Gasteiger charge is 2.10. The summed E-state index contributed by atoms with van der Waals surface area (Å²) in [5, 5.41) is 0.457. The summed E-state index contributed by atoms with van der Waals surface area (Å²) in [6.07, 6.45) is 0.793. The van der Waals surface area contributed by atoms with Gasteiger partial charge in [-0.05, 0) is 44.0 Å². The van der Waals surface area contributed by atoms with Crippen LogP contribution in [-0.2, 0) is 6.42 Å². The number of hydrogen-bond donors (Lipinski definition) is 0. The second-order valence-electron chi connectivity index (χ2n) is 4.23. The lowest BCUT2D eigenvalue weighted by atomic mass is 10.1. The molecule has 2 aromatic rings. The van der Waals surface area contributed by atoms with Crippen LogP contribution < -0.4 is 0 Å². The first-order valence-corrected chi connectivity index (χ1v) is 6.20. The van der Waals surface area contributed by atoms with Crippen LogP contribution in [0.4, 0.5) is 4.39 Å². The summed E-state index contributed by atoms with van der Waals surface area (Å²) in [5.41, 5.74) is 3.19. The maximum atomic E-state index is 13.2. The van der Waals surface area contributed by atoms with Crippen LogP contribution >= 0.6 is 11.6 Å². The molecule has 4 heteroatoms. The molecule has 0 fully saturated rings. The van der Waals surface area contributed by atoms with E-state index in [1.54, 1.807) is 19.1 Å². The Morgan fingerprint density at radius 3 is 2.56 bits per heavy atom. The predicted molar refractivity (Wildman–Crippen MR) is 71.3 cm³/mol. The quantitative estimate of drug-likeness (QED) is 0.763. The molecule has 2 nitrogen and oxygen atoms in total. The summed E-state index contributed by atoms with van der Waals surface area (Å²) in [4.78, 5) is 8.73. The fraction of sp³-hybridized carbons (Fsp3) is 0.286. The first-order valence-electron chi connectivity index (χ1n) is 5.82. The minimum absolute atomic E-state index is 0.229. The molecule has 0 aliphatic carbocycles. The number of benzene rings is 1. The van der Waals surface area contributed by atoms with Crippen molar-refractivity contribution >= 4 is 11.6 Å². The molecule has 1 aromatic heterocycles. The van der Waals surface area contributed by atoms with Crippen LogP contribution in [0.3, 0.4) is 0 Å². The molecule has 94 valence electrons. The van der Waals surface area contributed by atoms with E-state index in [1.165, 1.54) is 6.07 Å². The average Bonchev–Trinajstić information content (AvgIpc) is 2.36. The van der Waals surface area contributed by atoms with Crippen LogP contribution in [0.1, 0.15) is 23.7 Å². The van der Waals surface area contributed by atoms with Gasteiger partial charge in [0.1, 0.15) is 11.0 Å². The van der Waals surface area contributed by atoms with Crippen LogP contribution in [0.2, 0.25) is 5.15 Å². The van der Waals surface area contributed by atoms with Gasteiger partial charge in [0.15, 0.2) is 5.82 Å². The van der Waals surface area contributed by atoms with E-state index >= 15 is 0 Å². The lowest BCUT2D eigenvalue weighted by Crippen LogP contribution is -2.00. The third-order valence-electron chi connectivity index (χ3n) is 2.94. The van der Waals surface area contributed by atoms with Gasteiger partial charge in [0.25, 0.3) is 0 Å². The molecule has 0 amide bonds. The van der Waals surface area contributed by atoms with Crippen LogP contribution in [0.25, 0.3) is 11.4 Å². The number of nitrogens with zero attached hydrogens (tertiary/aromatic N) is 2. The van der Waals surface area contributed by atoms with Crippen LogP contribution in [0, 0.1) is 19.7 Å². The molecule has 0 aliphatic rings. The van der Waals surface area contributed by atoms with Gasteiger partial charge < -0.3 is 0 Å². The van der Waals surface area contributed by atoms with Crippen molar-refractivity contribution in [1.82, 2.24) is 9.97 Å². The second-order valence-corrected chi connectivity index (χ2v) is 4.59. The molecule has 0 radical (unpaired) electrons. The molecule has 1 aromatic carbocycles. The first kappa shape index (κ1) is 13.0. The first-order chi connectivity index (χ1) is 8.52. The lowest BCUT2D eigenvalue weighted by molar-refractivity contribution is 0.618. The highest BCUT2D eigenvalue weighted by molar-refractivity contribution is 6.30. The van der Waals surface area contributed by atoms with Crippen molar-refractivity contribution < 1.29 is 4.39 Å². The summed E-state index contributed by atoms with van der Waals surface area (Å²) in [7, 11) is 0. The Hall–Kier alpha value is -1.48. The van der Waals surface area contributed by atoms with Gasteiger partial charge in [-0.1, -0.05) is 18.5 Å². The zero-order valence-electron chi connectivity index (χ0n) is 10.6. The highest BCUT2D eigenvalue weighted by Crippen LogP contribution is 2.23. The molecule has 18 heavy (non-hydrogen) atoms. The molecule has 0 N–H and O–H groups in total. The van der Waals surface area contributed by atoms with Gasteiger partial charge in [-0.15, -0.1) is 0 Å². The summed E-state index contributed by atoms with van der Waals surface area (Å²) >= 11 is 6.09. The van der Waals surface area contributed by atoms with Gasteiger partial charge in [0.05, 0.1) is 0 Å². The largest absolute Gasteiger partial charge is 0.233 e. The Balaban J connectivity index is 2.57. The Labute approximate surface area is 111 Å². The van der Waals surface area contributed by atoms with E-state index in [0.29, 0.717) is 16.5 Å². The predicted octanol–water partition coefficient (Wildman–Crippen LogP) is 4.12. The molecule has 2 rings (SSSR count). The SMILES string of the molecule is CCc1nc(-c2ccc(F)c(C)c2)nc(Cl)c1C. The Kier molecular flexibility index (Phi) is 3.62. The summed E-state index contributed by atoms with van der Waals surface area (Å²) in [5.74, 6) is 0.318. The van der Waals surface area contributed by atoms with Gasteiger partial charge in [0.2, 0.25) is 0 Å². The van der Waals surface area contributed by atoms with E-state index in [-0.39, 0.29) is 5.82 Å². The average molecular weight is 265 g/mol. The monoisotopic (exact) mass is 264 g/mol. The number of halogens is 2. The van der Waals surface area contributed by atoms with E-state index in [0.717, 1.165) is 23.2 Å². The van der Waals surface area contributed by atoms with Gasteiger partial charge in [-0.3, -0.25) is 0 Å². The van der Waals surface area contributed by atoms with E-state index in [4.69, 9.17) is 11.6 Å². The van der Waals surface area contributed by atoms with E-state index in [2.05, 4.69) is 9.97 Å². The number of rotatable bonds is 2. The number of aryl methyl sites for hydroxylation is 2. The maximum Gasteiger partial charge on any atom is 0.161 e. The Morgan fingerprint density at radius 1 is 1.22 bits per heavy atom. The molecule has 0 atom stereocenters. The minimum Gasteiger partial charge on any atom is -0.233 e. The molecule has 1 heterocycles. The fourth-order valence-corrected chi connectivity index (χ4v) is 1.98. The molecule has 0 spiro atoms. The molecule has 0 bridgehead atoms. The number of aromatic nitrogens is 2. The Bertz CT molecular complexity index is 597. The molecular weight excluding hydrogens is 251 g/mol. The van der Waals surface area contributed by atoms with Gasteiger partial charge >= 0.3 is 0 Å². The van der Waals surface area contributed by atoms with Gasteiger partial charge in [0, 0.05) is 16.8 Å².